The van der Waals surface area contributed by atoms with E-state index in [2.05, 4.69) is 11.9 Å². The molecule has 2 N–H and O–H groups in total. The number of allylic oxidation sites excluding steroid dienone is 2. The number of ketones is 1. The molecule has 0 aliphatic heterocycles. The number of nitrogens with zero attached hydrogens (tertiary/aromatic N) is 3. The Morgan fingerprint density at radius 1 is 1.44 bits per heavy atom. The van der Waals surface area contributed by atoms with Crippen LogP contribution in [0.3, 0.4) is 0 Å². The Morgan fingerprint density at radius 2 is 2.19 bits per heavy atom. The molecule has 3 aromatic rings. The third-order valence-electron chi connectivity index (χ3n) is 5.51. The van der Waals surface area contributed by atoms with Crippen molar-refractivity contribution in [3.8, 4) is 11.8 Å². The Labute approximate surface area is 192 Å². The van der Waals surface area contributed by atoms with Crippen LogP contribution in [-0.2, 0) is 17.6 Å². The number of para-hydroxylation sites is 1. The van der Waals surface area contributed by atoms with Gasteiger partial charge in [-0.15, -0.1) is 11.3 Å². The van der Waals surface area contributed by atoms with E-state index in [1.54, 1.807) is 12.1 Å². The minimum atomic E-state index is -0.558. The molecule has 0 radical (unpaired) electrons. The van der Waals surface area contributed by atoms with Gasteiger partial charge < -0.3 is 5.73 Å². The summed E-state index contributed by atoms with van der Waals surface area (Å²) >= 11 is 2.49. The zero-order valence-corrected chi connectivity index (χ0v) is 19.3. The Kier molecular flexibility index (Phi) is 6.17. The molecular formula is C23H21FN4O2S2. The van der Waals surface area contributed by atoms with E-state index in [4.69, 9.17) is 5.73 Å². The number of thioether (sulfide) groups is 1. The fraction of sp³-hybridized carbons (Fsp3) is 0.304. The number of carbonyl (C=O) groups excluding carboxylic acids is 1. The molecule has 1 unspecified atom stereocenters. The number of Topliss-reactive ketones (excluding diaryl/α,β-unsaturated/α-hetero) is 1. The van der Waals surface area contributed by atoms with E-state index in [0.717, 1.165) is 41.5 Å². The van der Waals surface area contributed by atoms with E-state index >= 15 is 0 Å². The molecule has 6 nitrogen and oxygen atoms in total. The van der Waals surface area contributed by atoms with Crippen LogP contribution in [0.15, 0.2) is 45.5 Å². The van der Waals surface area contributed by atoms with Gasteiger partial charge in [-0.25, -0.2) is 9.37 Å². The molecule has 1 aliphatic carbocycles. The van der Waals surface area contributed by atoms with Crippen molar-refractivity contribution in [3.63, 3.8) is 0 Å². The third kappa shape index (κ3) is 3.96. The summed E-state index contributed by atoms with van der Waals surface area (Å²) in [6, 6.07) is 7.81. The first-order chi connectivity index (χ1) is 15.3. The van der Waals surface area contributed by atoms with E-state index in [0.29, 0.717) is 16.1 Å². The van der Waals surface area contributed by atoms with Crippen molar-refractivity contribution >= 4 is 39.1 Å². The first-order valence-electron chi connectivity index (χ1n) is 10.2. The zero-order chi connectivity index (χ0) is 23.0. The zero-order valence-electron chi connectivity index (χ0n) is 17.6. The van der Waals surface area contributed by atoms with Crippen molar-refractivity contribution < 1.29 is 9.18 Å². The number of carbonyl (C=O) groups is 1. The molecule has 0 amide bonds. The van der Waals surface area contributed by atoms with Gasteiger partial charge in [-0.05, 0) is 49.8 Å². The van der Waals surface area contributed by atoms with Crippen LogP contribution in [0.1, 0.15) is 30.7 Å². The number of halogens is 1. The molecule has 0 bridgehead atoms. The molecule has 0 fully saturated rings. The predicted molar refractivity (Wildman–Crippen MR) is 125 cm³/mol. The molecule has 1 atom stereocenters. The van der Waals surface area contributed by atoms with E-state index in [9.17, 15) is 19.2 Å². The highest BCUT2D eigenvalue weighted by molar-refractivity contribution is 7.99. The van der Waals surface area contributed by atoms with Crippen molar-refractivity contribution in [1.82, 2.24) is 9.55 Å². The summed E-state index contributed by atoms with van der Waals surface area (Å²) in [5.74, 6) is -0.638. The van der Waals surface area contributed by atoms with Gasteiger partial charge in [0.25, 0.3) is 5.56 Å². The van der Waals surface area contributed by atoms with Crippen molar-refractivity contribution in [2.24, 2.45) is 11.7 Å². The number of aryl methyl sites for hydroxylation is 1. The number of nitriles is 1. The number of fused-ring (bicyclic) bond motifs is 3. The maximum absolute atomic E-state index is 14.7. The fourth-order valence-corrected chi connectivity index (χ4v) is 6.19. The first-order valence-corrected chi connectivity index (χ1v) is 12.0. The van der Waals surface area contributed by atoms with Gasteiger partial charge in [0.05, 0.1) is 16.8 Å². The fourth-order valence-electron chi connectivity index (χ4n) is 3.89. The van der Waals surface area contributed by atoms with Crippen LogP contribution in [0, 0.1) is 23.1 Å². The van der Waals surface area contributed by atoms with E-state index in [-0.39, 0.29) is 33.4 Å². The van der Waals surface area contributed by atoms with Crippen molar-refractivity contribution in [3.05, 3.63) is 62.1 Å². The normalized spacial score (nSPS) is 16.4. The van der Waals surface area contributed by atoms with Gasteiger partial charge in [0.15, 0.2) is 10.9 Å². The maximum atomic E-state index is 14.7. The molecule has 2 heterocycles. The number of benzene rings is 1. The molecule has 1 aliphatic rings. The number of hydrogen-bond donors (Lipinski definition) is 1. The summed E-state index contributed by atoms with van der Waals surface area (Å²) in [4.78, 5) is 32.6. The lowest BCUT2D eigenvalue weighted by molar-refractivity contribution is -0.112. The monoisotopic (exact) mass is 468 g/mol. The highest BCUT2D eigenvalue weighted by atomic mass is 32.2. The van der Waals surface area contributed by atoms with Crippen LogP contribution in [0.4, 0.5) is 4.39 Å². The van der Waals surface area contributed by atoms with E-state index < -0.39 is 11.6 Å². The lowest BCUT2D eigenvalue weighted by atomic mass is 9.89. The van der Waals surface area contributed by atoms with Gasteiger partial charge in [0, 0.05) is 10.6 Å². The molecule has 2 aromatic heterocycles. The van der Waals surface area contributed by atoms with Gasteiger partial charge in [0.1, 0.15) is 22.3 Å². The lowest BCUT2D eigenvalue weighted by Crippen LogP contribution is -2.24. The molecule has 0 spiro atoms. The summed E-state index contributed by atoms with van der Waals surface area (Å²) in [7, 11) is 0. The second kappa shape index (κ2) is 8.88. The summed E-state index contributed by atoms with van der Waals surface area (Å²) < 4.78 is 16.0. The Balaban J connectivity index is 1.88. The summed E-state index contributed by atoms with van der Waals surface area (Å²) in [5, 5.41) is 9.94. The topological polar surface area (TPSA) is 102 Å². The lowest BCUT2D eigenvalue weighted by Gasteiger charge is -2.18. The Bertz CT molecular complexity index is 1360. The summed E-state index contributed by atoms with van der Waals surface area (Å²) in [6.07, 6.45) is 2.68. The number of aromatic nitrogens is 2. The standard InChI is InChI=1S/C23H21FN4O2S2/c1-12-7-8-14-19(9-12)32-21-20(14)22(30)28(17-6-4-3-5-16(17)24)23(27-21)31-11-18(29)15(10-25)13(2)26/h3-6,12H,7-9,11,26H2,1-2H3/b15-13-. The highest BCUT2D eigenvalue weighted by Crippen LogP contribution is 2.37. The number of rotatable bonds is 5. The Morgan fingerprint density at radius 3 is 2.88 bits per heavy atom. The summed E-state index contributed by atoms with van der Waals surface area (Å²) in [5.41, 5.74) is 6.39. The minimum Gasteiger partial charge on any atom is -0.401 e. The molecule has 1 aromatic carbocycles. The second-order valence-electron chi connectivity index (χ2n) is 7.90. The molecule has 0 saturated heterocycles. The van der Waals surface area contributed by atoms with Gasteiger partial charge in [-0.3, -0.25) is 14.2 Å². The number of nitrogens with two attached hydrogens (primary N) is 1. The van der Waals surface area contributed by atoms with Crippen LogP contribution in [0.25, 0.3) is 15.9 Å². The molecule has 0 saturated carbocycles. The van der Waals surface area contributed by atoms with Gasteiger partial charge >= 0.3 is 0 Å². The molecule has 32 heavy (non-hydrogen) atoms. The van der Waals surface area contributed by atoms with Crippen LogP contribution in [-0.4, -0.2) is 21.1 Å². The molecular weight excluding hydrogens is 447 g/mol. The van der Waals surface area contributed by atoms with Crippen LogP contribution >= 0.6 is 23.1 Å². The Hall–Kier alpha value is -2.96. The van der Waals surface area contributed by atoms with Crippen molar-refractivity contribution in [2.45, 2.75) is 38.3 Å². The predicted octanol–water partition coefficient (Wildman–Crippen LogP) is 4.13. The third-order valence-corrected chi connectivity index (χ3v) is 7.60. The van der Waals surface area contributed by atoms with Crippen LogP contribution in [0.5, 0.6) is 0 Å². The quantitative estimate of drug-likeness (QED) is 0.261. The molecule has 9 heteroatoms. The van der Waals surface area contributed by atoms with Gasteiger partial charge in [-0.1, -0.05) is 30.8 Å². The minimum absolute atomic E-state index is 0.0806. The van der Waals surface area contributed by atoms with Crippen LogP contribution < -0.4 is 11.3 Å². The summed E-state index contributed by atoms with van der Waals surface area (Å²) in [6.45, 7) is 3.67. The van der Waals surface area contributed by atoms with Crippen LogP contribution in [0.2, 0.25) is 0 Å². The van der Waals surface area contributed by atoms with E-state index in [1.807, 2.05) is 6.07 Å². The number of hydrogen-bond acceptors (Lipinski definition) is 7. The average Bonchev–Trinajstić information content (AvgIpc) is 3.11. The smallest absolute Gasteiger partial charge is 0.267 e. The van der Waals surface area contributed by atoms with Gasteiger partial charge in [0.2, 0.25) is 0 Å². The van der Waals surface area contributed by atoms with E-state index in [1.165, 1.54) is 35.0 Å². The first kappa shape index (κ1) is 22.2. The second-order valence-corrected chi connectivity index (χ2v) is 9.93. The largest absolute Gasteiger partial charge is 0.401 e. The average molecular weight is 469 g/mol. The molecule has 4 rings (SSSR count). The SMILES string of the molecule is C/C(N)=C(\C#N)C(=O)CSc1nc2sc3c(c2c(=O)n1-c1ccccc1F)CCC(C)C3. The molecule has 164 valence electrons. The highest BCUT2D eigenvalue weighted by Gasteiger charge is 2.26. The van der Waals surface area contributed by atoms with Crippen molar-refractivity contribution in [1.29, 1.82) is 5.26 Å². The van der Waals surface area contributed by atoms with Gasteiger partial charge in [-0.2, -0.15) is 5.26 Å². The maximum Gasteiger partial charge on any atom is 0.267 e. The number of thiophene rings is 1. The van der Waals surface area contributed by atoms with Crippen molar-refractivity contribution in [2.75, 3.05) is 5.75 Å².